The van der Waals surface area contributed by atoms with Gasteiger partial charge >= 0.3 is 0 Å². The van der Waals surface area contributed by atoms with Gasteiger partial charge in [0.2, 0.25) is 0 Å². The van der Waals surface area contributed by atoms with Crippen LogP contribution in [0.15, 0.2) is 0 Å². The lowest BCUT2D eigenvalue weighted by Gasteiger charge is -2.35. The predicted molar refractivity (Wildman–Crippen MR) is 77.1 cm³/mol. The van der Waals surface area contributed by atoms with Gasteiger partial charge in [-0.3, -0.25) is 0 Å². The molecule has 2 aliphatic carbocycles. The first-order valence-corrected chi connectivity index (χ1v) is 8.21. The van der Waals surface area contributed by atoms with E-state index in [-0.39, 0.29) is 5.54 Å². The monoisotopic (exact) mass is 264 g/mol. The average molecular weight is 264 g/mol. The number of rotatable bonds is 4. The van der Waals surface area contributed by atoms with Crippen LogP contribution in [-0.4, -0.2) is 12.0 Å². The number of thiazole rings is 1. The van der Waals surface area contributed by atoms with E-state index in [9.17, 15) is 0 Å². The first-order valence-electron chi connectivity index (χ1n) is 7.39. The second-order valence-corrected chi connectivity index (χ2v) is 7.26. The second-order valence-electron chi connectivity index (χ2n) is 6.18. The molecular formula is C15H24N2S. The van der Waals surface area contributed by atoms with Crippen molar-refractivity contribution >= 4 is 11.3 Å². The minimum Gasteiger partial charge on any atom is -0.309 e. The van der Waals surface area contributed by atoms with E-state index < -0.39 is 0 Å². The summed E-state index contributed by atoms with van der Waals surface area (Å²) in [6, 6.07) is 0. The highest BCUT2D eigenvalue weighted by Gasteiger charge is 2.34. The number of aromatic nitrogens is 1. The van der Waals surface area contributed by atoms with Crippen molar-refractivity contribution in [3.8, 4) is 0 Å². The lowest BCUT2D eigenvalue weighted by molar-refractivity contribution is 0.211. The molecule has 2 aliphatic rings. The minimum absolute atomic E-state index is 0.104. The summed E-state index contributed by atoms with van der Waals surface area (Å²) in [5.41, 5.74) is 1.50. The molecule has 1 unspecified atom stereocenters. The van der Waals surface area contributed by atoms with E-state index in [1.807, 2.05) is 11.3 Å². The van der Waals surface area contributed by atoms with Gasteiger partial charge in [-0.1, -0.05) is 19.3 Å². The quantitative estimate of drug-likeness (QED) is 0.898. The Morgan fingerprint density at radius 2 is 2.06 bits per heavy atom. The molecule has 1 saturated carbocycles. The van der Waals surface area contributed by atoms with Crippen LogP contribution in [0.5, 0.6) is 0 Å². The predicted octanol–water partition coefficient (Wildman–Crippen LogP) is 3.65. The van der Waals surface area contributed by atoms with Crippen molar-refractivity contribution in [2.45, 2.75) is 63.8 Å². The molecule has 1 aromatic rings. The molecule has 3 heteroatoms. The van der Waals surface area contributed by atoms with Gasteiger partial charge in [0, 0.05) is 4.88 Å². The summed E-state index contributed by atoms with van der Waals surface area (Å²) < 4.78 is 0. The largest absolute Gasteiger partial charge is 0.309 e. The third-order valence-electron chi connectivity index (χ3n) is 4.79. The molecule has 0 saturated heterocycles. The Kier molecular flexibility index (Phi) is 3.46. The van der Waals surface area contributed by atoms with Crippen LogP contribution in [0, 0.1) is 5.92 Å². The fourth-order valence-electron chi connectivity index (χ4n) is 3.16. The lowest BCUT2D eigenvalue weighted by Crippen LogP contribution is -2.39. The zero-order valence-corrected chi connectivity index (χ0v) is 12.4. The van der Waals surface area contributed by atoms with Crippen molar-refractivity contribution in [2.24, 2.45) is 5.92 Å². The third kappa shape index (κ3) is 2.23. The van der Waals surface area contributed by atoms with Crippen molar-refractivity contribution in [3.63, 3.8) is 0 Å². The Morgan fingerprint density at radius 1 is 1.28 bits per heavy atom. The molecule has 3 rings (SSSR count). The Hall–Kier alpha value is -0.410. The number of fused-ring (bicyclic) bond motifs is 1. The number of hydrogen-bond acceptors (Lipinski definition) is 3. The van der Waals surface area contributed by atoms with E-state index in [0.29, 0.717) is 0 Å². The molecule has 1 N–H and O–H groups in total. The number of nitrogens with one attached hydrogen (secondary N) is 1. The van der Waals surface area contributed by atoms with Gasteiger partial charge in [-0.15, -0.1) is 11.3 Å². The van der Waals surface area contributed by atoms with Crippen molar-refractivity contribution < 1.29 is 0 Å². The lowest BCUT2D eigenvalue weighted by atomic mass is 9.77. The average Bonchev–Trinajstić information content (AvgIpc) is 2.78. The summed E-state index contributed by atoms with van der Waals surface area (Å²) in [6.07, 6.45) is 10.7. The normalized spacial score (nSPS) is 23.2. The Bertz CT molecular complexity index is 399. The summed E-state index contributed by atoms with van der Waals surface area (Å²) in [5, 5.41) is 4.89. The van der Waals surface area contributed by atoms with Crippen molar-refractivity contribution in [3.05, 3.63) is 15.6 Å². The Balaban J connectivity index is 1.83. The molecule has 0 radical (unpaired) electrons. The van der Waals surface area contributed by atoms with E-state index in [4.69, 9.17) is 4.98 Å². The first kappa shape index (κ1) is 12.6. The van der Waals surface area contributed by atoms with Gasteiger partial charge in [-0.25, -0.2) is 4.98 Å². The summed E-state index contributed by atoms with van der Waals surface area (Å²) in [6.45, 7) is 2.34. The minimum atomic E-state index is 0.104. The molecule has 0 amide bonds. The van der Waals surface area contributed by atoms with Gasteiger partial charge in [-0.2, -0.15) is 0 Å². The molecule has 1 atom stereocenters. The maximum absolute atomic E-state index is 4.96. The first-order chi connectivity index (χ1) is 8.71. The molecule has 100 valence electrons. The number of nitrogens with zero attached hydrogens (tertiary/aromatic N) is 1. The van der Waals surface area contributed by atoms with Gasteiger partial charge in [0.15, 0.2) is 0 Å². The Labute approximate surface area is 114 Å². The topological polar surface area (TPSA) is 24.9 Å². The van der Waals surface area contributed by atoms with Crippen molar-refractivity contribution in [1.82, 2.24) is 10.3 Å². The highest BCUT2D eigenvalue weighted by molar-refractivity contribution is 7.11. The molecule has 1 fully saturated rings. The smallest absolute Gasteiger partial charge is 0.113 e. The van der Waals surface area contributed by atoms with Gasteiger partial charge in [0.05, 0.1) is 11.2 Å². The van der Waals surface area contributed by atoms with Crippen molar-refractivity contribution in [2.75, 3.05) is 7.05 Å². The molecule has 0 spiro atoms. The van der Waals surface area contributed by atoms with Crippen LogP contribution in [-0.2, 0) is 18.4 Å². The maximum Gasteiger partial charge on any atom is 0.113 e. The second kappa shape index (κ2) is 4.93. The fourth-order valence-corrected chi connectivity index (χ4v) is 4.47. The molecule has 2 nitrogen and oxygen atoms in total. The van der Waals surface area contributed by atoms with E-state index in [1.54, 1.807) is 4.88 Å². The van der Waals surface area contributed by atoms with Crippen LogP contribution >= 0.6 is 11.3 Å². The van der Waals surface area contributed by atoms with Crippen LogP contribution < -0.4 is 5.32 Å². The summed E-state index contributed by atoms with van der Waals surface area (Å²) in [4.78, 5) is 6.52. The van der Waals surface area contributed by atoms with Crippen molar-refractivity contribution in [1.29, 1.82) is 0 Å². The number of aryl methyl sites for hydroxylation is 2. The van der Waals surface area contributed by atoms with Gasteiger partial charge < -0.3 is 5.32 Å². The van der Waals surface area contributed by atoms with Crippen LogP contribution in [0.25, 0.3) is 0 Å². The van der Waals surface area contributed by atoms with E-state index in [1.165, 1.54) is 62.1 Å². The summed E-state index contributed by atoms with van der Waals surface area (Å²) in [5.74, 6) is 0.920. The van der Waals surface area contributed by atoms with Gasteiger partial charge in [0.1, 0.15) is 5.01 Å². The van der Waals surface area contributed by atoms with Crippen LogP contribution in [0.3, 0.4) is 0 Å². The maximum atomic E-state index is 4.96. The van der Waals surface area contributed by atoms with Crippen LogP contribution in [0.2, 0.25) is 0 Å². The van der Waals surface area contributed by atoms with Crippen LogP contribution in [0.1, 0.15) is 61.0 Å². The summed E-state index contributed by atoms with van der Waals surface area (Å²) >= 11 is 1.97. The molecular weight excluding hydrogens is 240 g/mol. The standard InChI is InChI=1S/C15H24N2S/c1-15(16-2,10-11-6-5-7-11)14-17-12-8-3-4-9-13(12)18-14/h11,16H,3-10H2,1-2H3. The van der Waals surface area contributed by atoms with E-state index in [0.717, 1.165) is 5.92 Å². The molecule has 18 heavy (non-hydrogen) atoms. The number of hydrogen-bond donors (Lipinski definition) is 1. The molecule has 1 aromatic heterocycles. The molecule has 0 aromatic carbocycles. The van der Waals surface area contributed by atoms with Crippen LogP contribution in [0.4, 0.5) is 0 Å². The highest BCUT2D eigenvalue weighted by atomic mass is 32.1. The third-order valence-corrected chi connectivity index (χ3v) is 6.21. The summed E-state index contributed by atoms with van der Waals surface area (Å²) in [7, 11) is 2.10. The molecule has 0 aliphatic heterocycles. The fraction of sp³-hybridized carbons (Fsp3) is 0.800. The molecule has 1 heterocycles. The van der Waals surface area contributed by atoms with Gasteiger partial charge in [-0.05, 0) is 52.0 Å². The SMILES string of the molecule is CNC(C)(CC1CCC1)c1nc2c(s1)CCCC2. The van der Waals surface area contributed by atoms with Gasteiger partial charge in [0.25, 0.3) is 0 Å². The van der Waals surface area contributed by atoms with E-state index >= 15 is 0 Å². The van der Waals surface area contributed by atoms with E-state index in [2.05, 4.69) is 19.3 Å². The zero-order valence-electron chi connectivity index (χ0n) is 11.6. The molecule has 0 bridgehead atoms. The Morgan fingerprint density at radius 3 is 2.67 bits per heavy atom. The highest BCUT2D eigenvalue weighted by Crippen LogP contribution is 2.40. The zero-order chi connectivity index (χ0) is 12.6.